The molecule has 0 saturated carbocycles. The second-order valence-corrected chi connectivity index (χ2v) is 7.28. The van der Waals surface area contributed by atoms with E-state index in [0.29, 0.717) is 24.9 Å². The summed E-state index contributed by atoms with van der Waals surface area (Å²) >= 11 is 0. The lowest BCUT2D eigenvalue weighted by Crippen LogP contribution is -2.48. The molecular weight excluding hydrogens is 374 g/mol. The normalized spacial score (nSPS) is 13.1. The highest BCUT2D eigenvalue weighted by molar-refractivity contribution is 5.76. The highest BCUT2D eigenvalue weighted by Gasteiger charge is 2.22. The van der Waals surface area contributed by atoms with Crippen LogP contribution in [0.4, 0.5) is 8.78 Å². The van der Waals surface area contributed by atoms with Crippen molar-refractivity contribution in [3.8, 4) is 0 Å². The number of carbonyl (C=O) groups excluding carboxylic acids is 1. The van der Waals surface area contributed by atoms with Crippen molar-refractivity contribution in [3.05, 3.63) is 70.8 Å². The van der Waals surface area contributed by atoms with Gasteiger partial charge in [0, 0.05) is 25.6 Å². The number of rotatable bonds is 11. The van der Waals surface area contributed by atoms with Gasteiger partial charge in [0.25, 0.3) is 0 Å². The fourth-order valence-electron chi connectivity index (χ4n) is 3.24. The van der Waals surface area contributed by atoms with Crippen LogP contribution in [-0.2, 0) is 24.2 Å². The van der Waals surface area contributed by atoms with E-state index in [0.717, 1.165) is 18.1 Å². The summed E-state index contributed by atoms with van der Waals surface area (Å²) in [4.78, 5) is 12.1. The smallest absolute Gasteiger partial charge is 0.220 e. The summed E-state index contributed by atoms with van der Waals surface area (Å²) in [5, 5.41) is 16.6. The largest absolute Gasteiger partial charge is 0.390 e. The molecule has 0 aliphatic heterocycles. The molecule has 29 heavy (non-hydrogen) atoms. The van der Waals surface area contributed by atoms with Crippen LogP contribution in [0.5, 0.6) is 0 Å². The van der Waals surface area contributed by atoms with E-state index in [1.165, 1.54) is 17.7 Å². The van der Waals surface area contributed by atoms with Crippen LogP contribution in [0.25, 0.3) is 0 Å². The number of benzene rings is 2. The van der Waals surface area contributed by atoms with Crippen LogP contribution in [0.1, 0.15) is 43.4 Å². The average Bonchev–Trinajstić information content (AvgIpc) is 2.67. The Kier molecular flexibility index (Phi) is 9.22. The third kappa shape index (κ3) is 7.91. The summed E-state index contributed by atoms with van der Waals surface area (Å²) in [6.45, 7) is 4.80. The Morgan fingerprint density at radius 1 is 1.03 bits per heavy atom. The minimum atomic E-state index is -0.906. The molecular formula is C23H30F2N2O2. The number of halogens is 2. The van der Waals surface area contributed by atoms with Crippen LogP contribution < -0.4 is 10.6 Å². The summed E-state index contributed by atoms with van der Waals surface area (Å²) in [7, 11) is 0. The molecule has 0 aromatic heterocycles. The predicted molar refractivity (Wildman–Crippen MR) is 110 cm³/mol. The Morgan fingerprint density at radius 2 is 1.72 bits per heavy atom. The van der Waals surface area contributed by atoms with E-state index in [9.17, 15) is 18.7 Å². The van der Waals surface area contributed by atoms with Gasteiger partial charge in [-0.25, -0.2) is 8.78 Å². The van der Waals surface area contributed by atoms with Gasteiger partial charge in [0.2, 0.25) is 5.91 Å². The van der Waals surface area contributed by atoms with Crippen LogP contribution >= 0.6 is 0 Å². The SMILES string of the molecule is CCCC(=O)N[C@@H](Cc1cc(F)cc(F)c1)[C@H](O)CNCc1cccc(CC)c1. The number of aliphatic hydroxyl groups excluding tert-OH is 1. The molecule has 158 valence electrons. The lowest BCUT2D eigenvalue weighted by Gasteiger charge is -2.25. The molecule has 4 nitrogen and oxygen atoms in total. The second kappa shape index (κ2) is 11.6. The van der Waals surface area contributed by atoms with E-state index in [-0.39, 0.29) is 18.9 Å². The Bertz CT molecular complexity index is 778. The first-order valence-electron chi connectivity index (χ1n) is 10.1. The molecule has 6 heteroatoms. The first kappa shape index (κ1) is 23.0. The zero-order chi connectivity index (χ0) is 21.2. The molecule has 0 spiro atoms. The Labute approximate surface area is 171 Å². The van der Waals surface area contributed by atoms with Crippen LogP contribution in [-0.4, -0.2) is 29.7 Å². The molecule has 2 aromatic carbocycles. The zero-order valence-corrected chi connectivity index (χ0v) is 17.1. The lowest BCUT2D eigenvalue weighted by molar-refractivity contribution is -0.122. The van der Waals surface area contributed by atoms with Crippen LogP contribution in [0.3, 0.4) is 0 Å². The van der Waals surface area contributed by atoms with Gasteiger partial charge in [-0.2, -0.15) is 0 Å². The molecule has 3 N–H and O–H groups in total. The summed E-state index contributed by atoms with van der Waals surface area (Å²) in [6, 6.07) is 10.8. The van der Waals surface area contributed by atoms with Gasteiger partial charge in [-0.15, -0.1) is 0 Å². The number of hydrogen-bond donors (Lipinski definition) is 3. The maximum atomic E-state index is 13.5. The quantitative estimate of drug-likeness (QED) is 0.537. The summed E-state index contributed by atoms with van der Waals surface area (Å²) in [5.74, 6) is -1.55. The Balaban J connectivity index is 2.00. The molecule has 0 unspecified atom stereocenters. The van der Waals surface area contributed by atoms with Crippen molar-refractivity contribution in [2.45, 2.75) is 58.2 Å². The van der Waals surface area contributed by atoms with E-state index in [2.05, 4.69) is 29.7 Å². The van der Waals surface area contributed by atoms with Gasteiger partial charge in [0.15, 0.2) is 0 Å². The maximum absolute atomic E-state index is 13.5. The predicted octanol–water partition coefficient (Wildman–Crippen LogP) is 3.51. The monoisotopic (exact) mass is 404 g/mol. The average molecular weight is 405 g/mol. The highest BCUT2D eigenvalue weighted by Crippen LogP contribution is 2.12. The van der Waals surface area contributed by atoms with Crippen molar-refractivity contribution in [2.24, 2.45) is 0 Å². The molecule has 1 amide bonds. The van der Waals surface area contributed by atoms with Crippen molar-refractivity contribution < 1.29 is 18.7 Å². The van der Waals surface area contributed by atoms with Gasteiger partial charge in [-0.3, -0.25) is 4.79 Å². The minimum Gasteiger partial charge on any atom is -0.390 e. The van der Waals surface area contributed by atoms with E-state index < -0.39 is 23.8 Å². The third-order valence-corrected chi connectivity index (χ3v) is 4.75. The number of hydrogen-bond acceptors (Lipinski definition) is 3. The van der Waals surface area contributed by atoms with Gasteiger partial charge >= 0.3 is 0 Å². The molecule has 2 atom stereocenters. The molecule has 2 aromatic rings. The molecule has 0 aliphatic carbocycles. The Morgan fingerprint density at radius 3 is 2.38 bits per heavy atom. The molecule has 0 heterocycles. The summed E-state index contributed by atoms with van der Waals surface area (Å²) < 4.78 is 27.0. The van der Waals surface area contributed by atoms with Gasteiger partial charge < -0.3 is 15.7 Å². The summed E-state index contributed by atoms with van der Waals surface area (Å²) in [6.07, 6.45) is 1.19. The van der Waals surface area contributed by atoms with Crippen molar-refractivity contribution in [3.63, 3.8) is 0 Å². The molecule has 0 saturated heterocycles. The molecule has 0 fully saturated rings. The number of aliphatic hydroxyl groups is 1. The first-order chi connectivity index (χ1) is 13.9. The van der Waals surface area contributed by atoms with E-state index in [1.807, 2.05) is 19.1 Å². The second-order valence-electron chi connectivity index (χ2n) is 7.28. The van der Waals surface area contributed by atoms with Crippen molar-refractivity contribution in [1.82, 2.24) is 10.6 Å². The number of nitrogens with one attached hydrogen (secondary N) is 2. The lowest BCUT2D eigenvalue weighted by atomic mass is 10.00. The Hall–Kier alpha value is -2.31. The van der Waals surface area contributed by atoms with Crippen LogP contribution in [0.15, 0.2) is 42.5 Å². The number of aryl methyl sites for hydroxylation is 1. The van der Waals surface area contributed by atoms with Gasteiger partial charge in [0.05, 0.1) is 12.1 Å². The van der Waals surface area contributed by atoms with Gasteiger partial charge in [0.1, 0.15) is 11.6 Å². The topological polar surface area (TPSA) is 61.4 Å². The minimum absolute atomic E-state index is 0.137. The zero-order valence-electron chi connectivity index (χ0n) is 17.1. The molecule has 0 bridgehead atoms. The standard InChI is InChI=1S/C23H30F2N2O2/c1-3-6-23(29)27-21(12-18-10-19(24)13-20(25)11-18)22(28)15-26-14-17-8-5-7-16(4-2)9-17/h5,7-11,13,21-22,26,28H,3-4,6,12,14-15H2,1-2H3,(H,27,29)/t21-,22+/m0/s1. The van der Waals surface area contributed by atoms with Gasteiger partial charge in [-0.05, 0) is 48.1 Å². The fraction of sp³-hybridized carbons (Fsp3) is 0.435. The van der Waals surface area contributed by atoms with Crippen molar-refractivity contribution in [1.29, 1.82) is 0 Å². The van der Waals surface area contributed by atoms with E-state index >= 15 is 0 Å². The van der Waals surface area contributed by atoms with Crippen LogP contribution in [0.2, 0.25) is 0 Å². The fourth-order valence-corrected chi connectivity index (χ4v) is 3.24. The molecule has 2 rings (SSSR count). The number of carbonyl (C=O) groups is 1. The van der Waals surface area contributed by atoms with E-state index in [4.69, 9.17) is 0 Å². The summed E-state index contributed by atoms with van der Waals surface area (Å²) in [5.41, 5.74) is 2.73. The highest BCUT2D eigenvalue weighted by atomic mass is 19.1. The van der Waals surface area contributed by atoms with Gasteiger partial charge in [-0.1, -0.05) is 38.1 Å². The number of amides is 1. The van der Waals surface area contributed by atoms with Crippen molar-refractivity contribution >= 4 is 5.91 Å². The van der Waals surface area contributed by atoms with Crippen molar-refractivity contribution in [2.75, 3.05) is 6.54 Å². The molecule has 0 aliphatic rings. The van der Waals surface area contributed by atoms with Crippen LogP contribution in [0, 0.1) is 11.6 Å². The third-order valence-electron chi connectivity index (χ3n) is 4.75. The maximum Gasteiger partial charge on any atom is 0.220 e. The van der Waals surface area contributed by atoms with E-state index in [1.54, 1.807) is 0 Å². The first-order valence-corrected chi connectivity index (χ1v) is 10.1. The molecule has 0 radical (unpaired) electrons.